The van der Waals surface area contributed by atoms with Crippen LogP contribution in [0.4, 0.5) is 0 Å². The molecule has 98 valence electrons. The normalized spacial score (nSPS) is 14.4. The van der Waals surface area contributed by atoms with Gasteiger partial charge < -0.3 is 10.1 Å². The molecular weight excluding hydrogens is 306 g/mol. The fourth-order valence-corrected chi connectivity index (χ4v) is 2.06. The Kier molecular flexibility index (Phi) is 3.75. The third-order valence-electron chi connectivity index (χ3n) is 2.83. The van der Waals surface area contributed by atoms with Gasteiger partial charge >= 0.3 is 0 Å². The van der Waals surface area contributed by atoms with E-state index in [1.807, 2.05) is 24.3 Å². The molecule has 0 aromatic carbocycles. The number of hydrogen-bond acceptors (Lipinski definition) is 4. The zero-order valence-electron chi connectivity index (χ0n) is 10.3. The molecule has 2 heterocycles. The largest absolute Gasteiger partial charge is 0.437 e. The molecule has 2 aromatic heterocycles. The summed E-state index contributed by atoms with van der Waals surface area (Å²) in [5, 5.41) is 3.44. The second-order valence-electron chi connectivity index (χ2n) is 4.56. The third-order valence-corrected chi connectivity index (χ3v) is 3.27. The van der Waals surface area contributed by atoms with Crippen LogP contribution in [-0.2, 0) is 6.54 Å². The van der Waals surface area contributed by atoms with Crippen molar-refractivity contribution in [2.75, 3.05) is 0 Å². The topological polar surface area (TPSA) is 47.0 Å². The summed E-state index contributed by atoms with van der Waals surface area (Å²) in [5.74, 6) is 1.27. The summed E-state index contributed by atoms with van der Waals surface area (Å²) < 4.78 is 6.58. The van der Waals surface area contributed by atoms with E-state index < -0.39 is 0 Å². The van der Waals surface area contributed by atoms with Crippen molar-refractivity contribution in [1.82, 2.24) is 15.3 Å². The quantitative estimate of drug-likeness (QED) is 0.918. The van der Waals surface area contributed by atoms with Crippen molar-refractivity contribution in [3.8, 4) is 11.6 Å². The van der Waals surface area contributed by atoms with E-state index >= 15 is 0 Å². The molecule has 0 bridgehead atoms. The SMILES string of the molecule is Brc1cncc(Oc2cccc(CNC3CC3)n2)c1. The Bertz CT molecular complexity index is 572. The lowest BCUT2D eigenvalue weighted by molar-refractivity contribution is 0.457. The van der Waals surface area contributed by atoms with Gasteiger partial charge in [0.1, 0.15) is 5.75 Å². The molecule has 2 aromatic rings. The zero-order valence-corrected chi connectivity index (χ0v) is 11.9. The van der Waals surface area contributed by atoms with Gasteiger partial charge in [0.2, 0.25) is 5.88 Å². The smallest absolute Gasteiger partial charge is 0.219 e. The van der Waals surface area contributed by atoms with Crippen molar-refractivity contribution in [1.29, 1.82) is 0 Å². The zero-order chi connectivity index (χ0) is 13.1. The summed E-state index contributed by atoms with van der Waals surface area (Å²) in [5.41, 5.74) is 0.993. The van der Waals surface area contributed by atoms with Gasteiger partial charge in [0.05, 0.1) is 11.9 Å². The summed E-state index contributed by atoms with van der Waals surface area (Å²) in [6.45, 7) is 0.790. The average molecular weight is 320 g/mol. The molecule has 5 heteroatoms. The first-order chi connectivity index (χ1) is 9.29. The van der Waals surface area contributed by atoms with E-state index in [0.29, 0.717) is 17.7 Å². The number of aromatic nitrogens is 2. The van der Waals surface area contributed by atoms with Crippen LogP contribution in [0.1, 0.15) is 18.5 Å². The van der Waals surface area contributed by atoms with E-state index in [9.17, 15) is 0 Å². The number of hydrogen-bond donors (Lipinski definition) is 1. The predicted molar refractivity (Wildman–Crippen MR) is 76.1 cm³/mol. The summed E-state index contributed by atoms with van der Waals surface area (Å²) in [6, 6.07) is 8.35. The Hall–Kier alpha value is -1.46. The molecule has 0 spiro atoms. The van der Waals surface area contributed by atoms with Crippen molar-refractivity contribution in [2.45, 2.75) is 25.4 Å². The number of pyridine rings is 2. The third kappa shape index (κ3) is 3.75. The van der Waals surface area contributed by atoms with Gasteiger partial charge in [0.25, 0.3) is 0 Å². The molecule has 19 heavy (non-hydrogen) atoms. The van der Waals surface area contributed by atoms with Crippen LogP contribution in [0.2, 0.25) is 0 Å². The number of ether oxygens (including phenoxy) is 1. The molecule has 0 aliphatic heterocycles. The van der Waals surface area contributed by atoms with E-state index in [0.717, 1.165) is 16.7 Å². The lowest BCUT2D eigenvalue weighted by atomic mass is 10.3. The van der Waals surface area contributed by atoms with Gasteiger partial charge in [0, 0.05) is 29.3 Å². The van der Waals surface area contributed by atoms with Gasteiger partial charge in [0.15, 0.2) is 0 Å². The van der Waals surface area contributed by atoms with Crippen molar-refractivity contribution < 1.29 is 4.74 Å². The van der Waals surface area contributed by atoms with Crippen molar-refractivity contribution in [2.24, 2.45) is 0 Å². The molecular formula is C14H14BrN3O. The first-order valence-corrected chi connectivity index (χ1v) is 7.06. The van der Waals surface area contributed by atoms with Crippen LogP contribution < -0.4 is 10.1 Å². The Morgan fingerprint density at radius 2 is 2.21 bits per heavy atom. The lowest BCUT2D eigenvalue weighted by Crippen LogP contribution is -2.16. The molecule has 0 atom stereocenters. The number of halogens is 1. The molecule has 0 radical (unpaired) electrons. The highest BCUT2D eigenvalue weighted by Crippen LogP contribution is 2.22. The summed E-state index contributed by atoms with van der Waals surface area (Å²) in [6.07, 6.45) is 5.94. The molecule has 0 amide bonds. The van der Waals surface area contributed by atoms with Crippen LogP contribution >= 0.6 is 15.9 Å². The highest BCUT2D eigenvalue weighted by molar-refractivity contribution is 9.10. The van der Waals surface area contributed by atoms with E-state index in [1.165, 1.54) is 12.8 Å². The van der Waals surface area contributed by atoms with E-state index in [4.69, 9.17) is 4.74 Å². The van der Waals surface area contributed by atoms with Crippen LogP contribution in [0.25, 0.3) is 0 Å². The van der Waals surface area contributed by atoms with Crippen LogP contribution in [0.3, 0.4) is 0 Å². The number of nitrogens with zero attached hydrogens (tertiary/aromatic N) is 2. The minimum absolute atomic E-state index is 0.593. The molecule has 0 saturated heterocycles. The van der Waals surface area contributed by atoms with Gasteiger partial charge in [-0.15, -0.1) is 0 Å². The number of nitrogens with one attached hydrogen (secondary N) is 1. The molecule has 4 nitrogen and oxygen atoms in total. The summed E-state index contributed by atoms with van der Waals surface area (Å²) in [4.78, 5) is 8.53. The fraction of sp³-hybridized carbons (Fsp3) is 0.286. The van der Waals surface area contributed by atoms with Gasteiger partial charge in [-0.05, 0) is 40.9 Å². The highest BCUT2D eigenvalue weighted by atomic mass is 79.9. The molecule has 1 saturated carbocycles. The van der Waals surface area contributed by atoms with Crippen LogP contribution in [-0.4, -0.2) is 16.0 Å². The standard InChI is InChI=1S/C14H14BrN3O/c15-10-6-13(9-16-7-10)19-14-3-1-2-12(18-14)8-17-11-4-5-11/h1-3,6-7,9,11,17H,4-5,8H2. The fourth-order valence-electron chi connectivity index (χ4n) is 1.72. The maximum atomic E-state index is 5.69. The minimum Gasteiger partial charge on any atom is -0.437 e. The predicted octanol–water partition coefficient (Wildman–Crippen LogP) is 3.28. The van der Waals surface area contributed by atoms with E-state index in [-0.39, 0.29) is 0 Å². The molecule has 1 aliphatic carbocycles. The monoisotopic (exact) mass is 319 g/mol. The molecule has 1 fully saturated rings. The van der Waals surface area contributed by atoms with Gasteiger partial charge in [-0.1, -0.05) is 6.07 Å². The first kappa shape index (κ1) is 12.6. The highest BCUT2D eigenvalue weighted by Gasteiger charge is 2.20. The van der Waals surface area contributed by atoms with Crippen molar-refractivity contribution in [3.63, 3.8) is 0 Å². The maximum absolute atomic E-state index is 5.69. The average Bonchev–Trinajstić information content (AvgIpc) is 3.21. The molecule has 1 aliphatic rings. The van der Waals surface area contributed by atoms with E-state index in [2.05, 4.69) is 31.2 Å². The molecule has 3 rings (SSSR count). The minimum atomic E-state index is 0.593. The lowest BCUT2D eigenvalue weighted by Gasteiger charge is -2.07. The van der Waals surface area contributed by atoms with Gasteiger partial charge in [-0.3, -0.25) is 4.98 Å². The number of rotatable bonds is 5. The van der Waals surface area contributed by atoms with Crippen molar-refractivity contribution >= 4 is 15.9 Å². The maximum Gasteiger partial charge on any atom is 0.219 e. The summed E-state index contributed by atoms with van der Waals surface area (Å²) in [7, 11) is 0. The van der Waals surface area contributed by atoms with Crippen LogP contribution in [0.5, 0.6) is 11.6 Å². The van der Waals surface area contributed by atoms with Gasteiger partial charge in [-0.25, -0.2) is 4.98 Å². The van der Waals surface area contributed by atoms with Crippen LogP contribution in [0, 0.1) is 0 Å². The Morgan fingerprint density at radius 3 is 3.00 bits per heavy atom. The van der Waals surface area contributed by atoms with E-state index in [1.54, 1.807) is 12.4 Å². The first-order valence-electron chi connectivity index (χ1n) is 6.27. The van der Waals surface area contributed by atoms with Crippen LogP contribution in [0.15, 0.2) is 41.1 Å². The summed E-state index contributed by atoms with van der Waals surface area (Å²) >= 11 is 3.36. The molecule has 1 N–H and O–H groups in total. The second kappa shape index (κ2) is 5.67. The van der Waals surface area contributed by atoms with Crippen molar-refractivity contribution in [3.05, 3.63) is 46.8 Å². The Labute approximate surface area is 120 Å². The van der Waals surface area contributed by atoms with Gasteiger partial charge in [-0.2, -0.15) is 0 Å². The Balaban J connectivity index is 1.67. The second-order valence-corrected chi connectivity index (χ2v) is 5.48. The Morgan fingerprint density at radius 1 is 1.32 bits per heavy atom. The molecule has 0 unspecified atom stereocenters.